The van der Waals surface area contributed by atoms with Crippen molar-refractivity contribution in [2.24, 2.45) is 5.92 Å². The molecule has 0 aliphatic carbocycles. The highest BCUT2D eigenvalue weighted by Gasteiger charge is 2.23. The summed E-state index contributed by atoms with van der Waals surface area (Å²) in [7, 11) is 3.86. The monoisotopic (exact) mass is 256 g/mol. The first-order chi connectivity index (χ1) is 8.49. The highest BCUT2D eigenvalue weighted by atomic mass is 16.5. The fraction of sp³-hybridized carbons (Fsp3) is 0.929. The molecule has 0 aromatic rings. The molecule has 1 saturated heterocycles. The molecule has 1 aliphatic rings. The summed E-state index contributed by atoms with van der Waals surface area (Å²) in [6.45, 7) is 7.19. The minimum absolute atomic E-state index is 0.220. The van der Waals surface area contributed by atoms with Crippen molar-refractivity contribution in [2.75, 3.05) is 40.3 Å². The van der Waals surface area contributed by atoms with E-state index in [0.717, 1.165) is 25.4 Å². The van der Waals surface area contributed by atoms with Crippen LogP contribution in [0.1, 0.15) is 33.1 Å². The Morgan fingerprint density at radius 3 is 2.78 bits per heavy atom. The summed E-state index contributed by atoms with van der Waals surface area (Å²) in [6, 6.07) is 0. The molecule has 1 rings (SSSR count). The second kappa shape index (κ2) is 7.74. The number of hydrogen-bond acceptors (Lipinski definition) is 3. The van der Waals surface area contributed by atoms with Gasteiger partial charge in [-0.3, -0.25) is 4.79 Å². The largest absolute Gasteiger partial charge is 0.375 e. The van der Waals surface area contributed by atoms with E-state index < -0.39 is 0 Å². The van der Waals surface area contributed by atoms with Crippen LogP contribution in [0, 0.1) is 5.92 Å². The molecular weight excluding hydrogens is 228 g/mol. The van der Waals surface area contributed by atoms with Gasteiger partial charge in [-0.25, -0.2) is 0 Å². The lowest BCUT2D eigenvalue weighted by atomic mass is 10.0. The van der Waals surface area contributed by atoms with Gasteiger partial charge < -0.3 is 14.5 Å². The van der Waals surface area contributed by atoms with Gasteiger partial charge >= 0.3 is 0 Å². The van der Waals surface area contributed by atoms with Crippen LogP contribution < -0.4 is 0 Å². The van der Waals surface area contributed by atoms with Gasteiger partial charge in [0.1, 0.15) is 0 Å². The number of ether oxygens (including phenoxy) is 1. The van der Waals surface area contributed by atoms with Crippen molar-refractivity contribution >= 4 is 5.91 Å². The predicted molar refractivity (Wildman–Crippen MR) is 73.6 cm³/mol. The number of likely N-dealkylation sites (N-methyl/N-ethyl adjacent to an activating group) is 1. The molecule has 1 atom stereocenters. The number of hydrogen-bond donors (Lipinski definition) is 0. The quantitative estimate of drug-likeness (QED) is 0.723. The van der Waals surface area contributed by atoms with Crippen molar-refractivity contribution in [2.45, 2.75) is 39.2 Å². The Kier molecular flexibility index (Phi) is 6.65. The van der Waals surface area contributed by atoms with Crippen LogP contribution in [0.25, 0.3) is 0 Å². The van der Waals surface area contributed by atoms with Crippen LogP contribution in [0.4, 0.5) is 0 Å². The van der Waals surface area contributed by atoms with E-state index in [-0.39, 0.29) is 12.0 Å². The summed E-state index contributed by atoms with van der Waals surface area (Å²) in [6.07, 6.45) is 3.75. The maximum atomic E-state index is 12.0. The van der Waals surface area contributed by atoms with E-state index in [0.29, 0.717) is 13.2 Å². The summed E-state index contributed by atoms with van der Waals surface area (Å²) in [5.41, 5.74) is 0. The van der Waals surface area contributed by atoms with Gasteiger partial charge in [0, 0.05) is 13.1 Å². The number of nitrogens with zero attached hydrogens (tertiary/aromatic N) is 2. The molecule has 0 unspecified atom stereocenters. The van der Waals surface area contributed by atoms with E-state index in [1.165, 1.54) is 12.8 Å². The smallest absolute Gasteiger partial charge is 0.236 e. The molecular formula is C14H28N2O2. The van der Waals surface area contributed by atoms with E-state index in [2.05, 4.69) is 13.8 Å². The fourth-order valence-corrected chi connectivity index (χ4v) is 2.24. The van der Waals surface area contributed by atoms with E-state index in [1.807, 2.05) is 23.9 Å². The molecule has 1 amide bonds. The first kappa shape index (κ1) is 15.4. The average molecular weight is 256 g/mol. The molecule has 4 nitrogen and oxygen atoms in total. The number of morpholine rings is 1. The average Bonchev–Trinajstić information content (AvgIpc) is 2.28. The van der Waals surface area contributed by atoms with Crippen molar-refractivity contribution in [3.63, 3.8) is 0 Å². The molecule has 0 spiro atoms. The lowest BCUT2D eigenvalue weighted by Crippen LogP contribution is -2.48. The number of carbonyl (C=O) groups is 1. The van der Waals surface area contributed by atoms with Gasteiger partial charge in [-0.05, 0) is 26.4 Å². The Labute approximate surface area is 111 Å². The summed E-state index contributed by atoms with van der Waals surface area (Å²) in [4.78, 5) is 15.8. The zero-order valence-electron chi connectivity index (χ0n) is 12.3. The van der Waals surface area contributed by atoms with Gasteiger partial charge in [-0.15, -0.1) is 0 Å². The standard InChI is InChI=1S/C14H28N2O2/c1-12(2)6-5-7-13-10-16(8-9-18-13)14(17)11-15(3)4/h12-13H,5-11H2,1-4H3/t13-/m1/s1. The van der Waals surface area contributed by atoms with Crippen LogP contribution in [-0.4, -0.2) is 62.1 Å². The zero-order valence-corrected chi connectivity index (χ0v) is 12.3. The number of rotatable bonds is 6. The molecule has 1 heterocycles. The van der Waals surface area contributed by atoms with E-state index in [9.17, 15) is 4.79 Å². The lowest BCUT2D eigenvalue weighted by Gasteiger charge is -2.33. The summed E-state index contributed by atoms with van der Waals surface area (Å²) >= 11 is 0. The Morgan fingerprint density at radius 2 is 2.17 bits per heavy atom. The first-order valence-electron chi connectivity index (χ1n) is 7.03. The van der Waals surface area contributed by atoms with Gasteiger partial charge in [0.05, 0.1) is 19.3 Å². The minimum atomic E-state index is 0.220. The third kappa shape index (κ3) is 5.83. The Bertz CT molecular complexity index is 254. The molecule has 0 aromatic heterocycles. The van der Waals surface area contributed by atoms with E-state index in [1.54, 1.807) is 0 Å². The Balaban J connectivity index is 2.29. The van der Waals surface area contributed by atoms with E-state index >= 15 is 0 Å². The van der Waals surface area contributed by atoms with Crippen LogP contribution in [0.5, 0.6) is 0 Å². The summed E-state index contributed by atoms with van der Waals surface area (Å²) in [5.74, 6) is 0.970. The molecule has 1 fully saturated rings. The third-order valence-electron chi connectivity index (χ3n) is 3.25. The molecule has 0 radical (unpaired) electrons. The molecule has 0 aromatic carbocycles. The van der Waals surface area contributed by atoms with Gasteiger partial charge in [0.2, 0.25) is 5.91 Å². The molecule has 0 N–H and O–H groups in total. The lowest BCUT2D eigenvalue weighted by molar-refractivity contribution is -0.139. The second-order valence-electron chi connectivity index (χ2n) is 5.90. The van der Waals surface area contributed by atoms with Crippen molar-refractivity contribution in [1.29, 1.82) is 0 Å². The Morgan fingerprint density at radius 1 is 1.44 bits per heavy atom. The van der Waals surface area contributed by atoms with Crippen LogP contribution in [0.15, 0.2) is 0 Å². The Hall–Kier alpha value is -0.610. The molecule has 0 saturated carbocycles. The minimum Gasteiger partial charge on any atom is -0.375 e. The highest BCUT2D eigenvalue weighted by molar-refractivity contribution is 5.78. The third-order valence-corrected chi connectivity index (χ3v) is 3.25. The van der Waals surface area contributed by atoms with Crippen LogP contribution in [0.3, 0.4) is 0 Å². The van der Waals surface area contributed by atoms with Gasteiger partial charge in [0.25, 0.3) is 0 Å². The van der Waals surface area contributed by atoms with Gasteiger partial charge in [-0.1, -0.05) is 26.7 Å². The van der Waals surface area contributed by atoms with Crippen molar-refractivity contribution in [3.8, 4) is 0 Å². The number of carbonyl (C=O) groups excluding carboxylic acids is 1. The van der Waals surface area contributed by atoms with Crippen LogP contribution in [0.2, 0.25) is 0 Å². The molecule has 18 heavy (non-hydrogen) atoms. The topological polar surface area (TPSA) is 32.8 Å². The normalized spacial score (nSPS) is 20.8. The van der Waals surface area contributed by atoms with Crippen molar-refractivity contribution < 1.29 is 9.53 Å². The first-order valence-corrected chi connectivity index (χ1v) is 7.03. The highest BCUT2D eigenvalue weighted by Crippen LogP contribution is 2.14. The summed E-state index contributed by atoms with van der Waals surface area (Å²) < 4.78 is 5.74. The SMILES string of the molecule is CC(C)CCC[C@@H]1CN(C(=O)CN(C)C)CCO1. The predicted octanol–water partition coefficient (Wildman–Crippen LogP) is 1.60. The maximum Gasteiger partial charge on any atom is 0.236 e. The summed E-state index contributed by atoms with van der Waals surface area (Å²) in [5, 5.41) is 0. The molecule has 1 aliphatic heterocycles. The fourth-order valence-electron chi connectivity index (χ4n) is 2.24. The van der Waals surface area contributed by atoms with Gasteiger partial charge in [0.15, 0.2) is 0 Å². The van der Waals surface area contributed by atoms with Crippen LogP contribution in [-0.2, 0) is 9.53 Å². The number of amides is 1. The zero-order chi connectivity index (χ0) is 13.5. The second-order valence-corrected chi connectivity index (χ2v) is 5.90. The molecule has 106 valence electrons. The van der Waals surface area contributed by atoms with Crippen LogP contribution >= 0.6 is 0 Å². The van der Waals surface area contributed by atoms with Crippen molar-refractivity contribution in [3.05, 3.63) is 0 Å². The molecule has 4 heteroatoms. The molecule has 0 bridgehead atoms. The van der Waals surface area contributed by atoms with E-state index in [4.69, 9.17) is 4.74 Å². The maximum absolute atomic E-state index is 12.0. The van der Waals surface area contributed by atoms with Gasteiger partial charge in [-0.2, -0.15) is 0 Å². The van der Waals surface area contributed by atoms with Crippen molar-refractivity contribution in [1.82, 2.24) is 9.80 Å².